The van der Waals surface area contributed by atoms with E-state index in [0.29, 0.717) is 11.0 Å². The second kappa shape index (κ2) is 4.43. The quantitative estimate of drug-likeness (QED) is 0.581. The summed E-state index contributed by atoms with van der Waals surface area (Å²) in [6, 6.07) is 1.74. The van der Waals surface area contributed by atoms with Gasteiger partial charge in [0.15, 0.2) is 0 Å². The molecule has 0 radical (unpaired) electrons. The Kier molecular flexibility index (Phi) is 3.21. The zero-order valence-corrected chi connectivity index (χ0v) is 9.05. The summed E-state index contributed by atoms with van der Waals surface area (Å²) in [6.07, 6.45) is 2.13. The summed E-state index contributed by atoms with van der Waals surface area (Å²) in [5.74, 6) is 0.838. The zero-order chi connectivity index (χ0) is 9.97. The van der Waals surface area contributed by atoms with Crippen LogP contribution in [0.2, 0.25) is 5.15 Å². The second-order valence-corrected chi connectivity index (χ2v) is 3.82. The summed E-state index contributed by atoms with van der Waals surface area (Å²) in [4.78, 5) is 8.27. The lowest BCUT2D eigenvalue weighted by atomic mass is 10.2. The summed E-state index contributed by atoms with van der Waals surface area (Å²) < 4.78 is 5.50. The first kappa shape index (κ1) is 10.1. The first-order chi connectivity index (χ1) is 6.79. The van der Waals surface area contributed by atoms with Gasteiger partial charge in [0.05, 0.1) is 17.7 Å². The van der Waals surface area contributed by atoms with Gasteiger partial charge >= 0.3 is 0 Å². The van der Waals surface area contributed by atoms with E-state index in [4.69, 9.17) is 27.9 Å². The number of halogens is 2. The molecule has 2 heterocycles. The van der Waals surface area contributed by atoms with Crippen molar-refractivity contribution in [1.82, 2.24) is 9.97 Å². The largest absolute Gasteiger partial charge is 0.372 e. The molecule has 1 aliphatic heterocycles. The van der Waals surface area contributed by atoms with Gasteiger partial charge in [0.25, 0.3) is 0 Å². The van der Waals surface area contributed by atoms with Gasteiger partial charge in [0.2, 0.25) is 0 Å². The molecule has 0 unspecified atom stereocenters. The van der Waals surface area contributed by atoms with Crippen LogP contribution in [-0.2, 0) is 10.6 Å². The smallest absolute Gasteiger partial charge is 0.145 e. The van der Waals surface area contributed by atoms with Crippen molar-refractivity contribution < 1.29 is 4.74 Å². The molecule has 0 amide bonds. The minimum atomic E-state index is 0.0671. The van der Waals surface area contributed by atoms with E-state index in [1.807, 2.05) is 0 Å². The van der Waals surface area contributed by atoms with Gasteiger partial charge in [-0.3, -0.25) is 0 Å². The molecule has 0 aromatic carbocycles. The molecular formula is C9H10Cl2N2O. The van der Waals surface area contributed by atoms with E-state index >= 15 is 0 Å². The standard InChI is InChI=1S/C9H10Cl2N2O/c10-5-9-12-6(4-8(11)13-9)7-2-1-3-14-7/h4,7H,1-3,5H2/t7-/m1/s1. The molecule has 3 nitrogen and oxygen atoms in total. The predicted molar refractivity (Wildman–Crippen MR) is 54.5 cm³/mol. The number of ether oxygens (including phenoxy) is 1. The number of nitrogens with zero attached hydrogens (tertiary/aromatic N) is 2. The molecule has 1 aliphatic rings. The molecule has 2 rings (SSSR count). The Morgan fingerprint density at radius 1 is 1.50 bits per heavy atom. The van der Waals surface area contributed by atoms with Crippen molar-refractivity contribution in [3.8, 4) is 0 Å². The van der Waals surface area contributed by atoms with E-state index in [0.717, 1.165) is 25.1 Å². The van der Waals surface area contributed by atoms with Crippen LogP contribution in [0.15, 0.2) is 6.07 Å². The van der Waals surface area contributed by atoms with Gasteiger partial charge in [0.1, 0.15) is 11.0 Å². The number of hydrogen-bond donors (Lipinski definition) is 0. The Labute approximate surface area is 92.4 Å². The fraction of sp³-hybridized carbons (Fsp3) is 0.556. The van der Waals surface area contributed by atoms with Crippen LogP contribution >= 0.6 is 23.2 Å². The summed E-state index contributed by atoms with van der Waals surface area (Å²) in [6.45, 7) is 0.794. The van der Waals surface area contributed by atoms with Gasteiger partial charge in [-0.25, -0.2) is 9.97 Å². The molecule has 0 saturated carbocycles. The highest BCUT2D eigenvalue weighted by Gasteiger charge is 2.20. The summed E-state index contributed by atoms with van der Waals surface area (Å²) >= 11 is 11.5. The first-order valence-electron chi connectivity index (χ1n) is 4.50. The monoisotopic (exact) mass is 232 g/mol. The van der Waals surface area contributed by atoms with Crippen molar-refractivity contribution in [3.05, 3.63) is 22.7 Å². The Morgan fingerprint density at radius 3 is 3.00 bits per heavy atom. The normalized spacial score (nSPS) is 21.4. The number of hydrogen-bond acceptors (Lipinski definition) is 3. The average Bonchev–Trinajstić information content (AvgIpc) is 2.69. The summed E-state index contributed by atoms with van der Waals surface area (Å²) in [5.41, 5.74) is 0.846. The Morgan fingerprint density at radius 2 is 2.36 bits per heavy atom. The molecule has 0 aliphatic carbocycles. The third-order valence-electron chi connectivity index (χ3n) is 2.14. The lowest BCUT2D eigenvalue weighted by molar-refractivity contribution is 0.108. The zero-order valence-electron chi connectivity index (χ0n) is 7.54. The van der Waals surface area contributed by atoms with Crippen molar-refractivity contribution >= 4 is 23.2 Å². The highest BCUT2D eigenvalue weighted by atomic mass is 35.5. The number of alkyl halides is 1. The highest BCUT2D eigenvalue weighted by molar-refractivity contribution is 6.29. The van der Waals surface area contributed by atoms with Gasteiger partial charge in [-0.1, -0.05) is 11.6 Å². The molecule has 14 heavy (non-hydrogen) atoms. The van der Waals surface area contributed by atoms with Crippen LogP contribution in [0.1, 0.15) is 30.5 Å². The molecule has 1 saturated heterocycles. The van der Waals surface area contributed by atoms with Crippen LogP contribution in [0.5, 0.6) is 0 Å². The van der Waals surface area contributed by atoms with Crippen molar-refractivity contribution in [2.75, 3.05) is 6.61 Å². The van der Waals surface area contributed by atoms with Crippen LogP contribution in [0.4, 0.5) is 0 Å². The molecule has 1 aromatic rings. The van der Waals surface area contributed by atoms with E-state index < -0.39 is 0 Å². The third kappa shape index (κ3) is 2.16. The maximum atomic E-state index is 5.84. The van der Waals surface area contributed by atoms with Gasteiger partial charge in [-0.05, 0) is 18.9 Å². The molecule has 1 fully saturated rings. The SMILES string of the molecule is ClCc1nc(Cl)cc([C@H]2CCCO2)n1. The highest BCUT2D eigenvalue weighted by Crippen LogP contribution is 2.28. The van der Waals surface area contributed by atoms with Crippen LogP contribution in [0.3, 0.4) is 0 Å². The third-order valence-corrected chi connectivity index (χ3v) is 2.57. The van der Waals surface area contributed by atoms with Crippen molar-refractivity contribution in [1.29, 1.82) is 0 Å². The summed E-state index contributed by atoms with van der Waals surface area (Å²) in [5, 5.41) is 0.432. The minimum absolute atomic E-state index is 0.0671. The Hall–Kier alpha value is -0.380. The molecular weight excluding hydrogens is 223 g/mol. The average molecular weight is 233 g/mol. The van der Waals surface area contributed by atoms with Gasteiger partial charge in [-0.15, -0.1) is 11.6 Å². The van der Waals surface area contributed by atoms with Gasteiger partial charge in [-0.2, -0.15) is 0 Å². The number of rotatable bonds is 2. The number of aromatic nitrogens is 2. The van der Waals surface area contributed by atoms with Crippen LogP contribution in [0.25, 0.3) is 0 Å². The molecule has 76 valence electrons. The van der Waals surface area contributed by atoms with Crippen molar-refractivity contribution in [2.45, 2.75) is 24.8 Å². The lowest BCUT2D eigenvalue weighted by Crippen LogP contribution is -2.03. The Balaban J connectivity index is 2.27. The maximum absolute atomic E-state index is 5.84. The predicted octanol–water partition coefficient (Wildman–Crippen LogP) is 2.72. The van der Waals surface area contributed by atoms with E-state index in [-0.39, 0.29) is 12.0 Å². The van der Waals surface area contributed by atoms with Crippen molar-refractivity contribution in [3.63, 3.8) is 0 Å². The van der Waals surface area contributed by atoms with E-state index in [9.17, 15) is 0 Å². The topological polar surface area (TPSA) is 35.0 Å². The van der Waals surface area contributed by atoms with E-state index in [1.54, 1.807) is 6.07 Å². The molecule has 0 spiro atoms. The van der Waals surface area contributed by atoms with Crippen LogP contribution < -0.4 is 0 Å². The Bertz CT molecular complexity index is 327. The molecule has 0 bridgehead atoms. The molecule has 0 N–H and O–H groups in total. The van der Waals surface area contributed by atoms with E-state index in [2.05, 4.69) is 9.97 Å². The van der Waals surface area contributed by atoms with Gasteiger partial charge < -0.3 is 4.74 Å². The maximum Gasteiger partial charge on any atom is 0.145 e. The van der Waals surface area contributed by atoms with Crippen LogP contribution in [0, 0.1) is 0 Å². The van der Waals surface area contributed by atoms with Gasteiger partial charge in [0, 0.05) is 6.61 Å². The van der Waals surface area contributed by atoms with Crippen molar-refractivity contribution in [2.24, 2.45) is 0 Å². The first-order valence-corrected chi connectivity index (χ1v) is 5.42. The fourth-order valence-corrected chi connectivity index (χ4v) is 1.85. The molecule has 5 heteroatoms. The summed E-state index contributed by atoms with van der Waals surface area (Å²) in [7, 11) is 0. The minimum Gasteiger partial charge on any atom is -0.372 e. The second-order valence-electron chi connectivity index (χ2n) is 3.17. The van der Waals surface area contributed by atoms with E-state index in [1.165, 1.54) is 0 Å². The fourth-order valence-electron chi connectivity index (χ4n) is 1.52. The molecule has 1 atom stereocenters. The van der Waals surface area contributed by atoms with Crippen LogP contribution in [-0.4, -0.2) is 16.6 Å². The molecule has 1 aromatic heterocycles. The lowest BCUT2D eigenvalue weighted by Gasteiger charge is -2.09.